The maximum atomic E-state index is 8.58. The molecule has 1 rings (SSSR count). The number of hydrogen-bond donors (Lipinski definition) is 1. The minimum atomic E-state index is 0.363. The summed E-state index contributed by atoms with van der Waals surface area (Å²) in [5.74, 6) is 3.92. The largest absolute Gasteiger partial charge is 0.396 e. The molecule has 1 atom stereocenters. The molecule has 0 aromatic heterocycles. The molecule has 0 spiro atoms. The quantitative estimate of drug-likeness (QED) is 0.709. The van der Waals surface area contributed by atoms with Crippen LogP contribution in [0.4, 0.5) is 0 Å². The average molecular weight is 178 g/mol. The van der Waals surface area contributed by atoms with Gasteiger partial charge >= 0.3 is 0 Å². The van der Waals surface area contributed by atoms with Crippen molar-refractivity contribution in [1.29, 1.82) is 0 Å². The zero-order chi connectivity index (χ0) is 7.23. The van der Waals surface area contributed by atoms with E-state index >= 15 is 0 Å². The van der Waals surface area contributed by atoms with Gasteiger partial charge in [-0.3, -0.25) is 0 Å². The molecule has 0 bridgehead atoms. The van der Waals surface area contributed by atoms with Gasteiger partial charge in [-0.25, -0.2) is 0 Å². The Hall–Kier alpha value is 0.660. The Morgan fingerprint density at radius 3 is 2.90 bits per heavy atom. The first kappa shape index (κ1) is 8.75. The van der Waals surface area contributed by atoms with Crippen molar-refractivity contribution < 1.29 is 5.11 Å². The molecule has 0 aliphatic carbocycles. The van der Waals surface area contributed by atoms with Gasteiger partial charge < -0.3 is 5.11 Å². The van der Waals surface area contributed by atoms with Crippen LogP contribution in [0.25, 0.3) is 0 Å². The molecule has 1 N–H and O–H groups in total. The Bertz CT molecular complexity index is 81.7. The van der Waals surface area contributed by atoms with Crippen LogP contribution in [0.2, 0.25) is 0 Å². The minimum absolute atomic E-state index is 0.363. The fourth-order valence-corrected chi connectivity index (χ4v) is 3.81. The fourth-order valence-electron chi connectivity index (χ4n) is 1.02. The summed E-state index contributed by atoms with van der Waals surface area (Å²) in [6, 6.07) is 0. The monoisotopic (exact) mass is 178 g/mol. The van der Waals surface area contributed by atoms with Crippen molar-refractivity contribution in [1.82, 2.24) is 0 Å². The van der Waals surface area contributed by atoms with E-state index in [0.29, 0.717) is 6.61 Å². The predicted octanol–water partition coefficient (Wildman–Crippen LogP) is 1.61. The van der Waals surface area contributed by atoms with Crippen LogP contribution in [-0.2, 0) is 0 Å². The van der Waals surface area contributed by atoms with Gasteiger partial charge in [0, 0.05) is 29.1 Å². The van der Waals surface area contributed by atoms with Crippen molar-refractivity contribution in [3.05, 3.63) is 0 Å². The van der Waals surface area contributed by atoms with Gasteiger partial charge in [0.25, 0.3) is 0 Å². The van der Waals surface area contributed by atoms with Crippen LogP contribution >= 0.6 is 23.5 Å². The summed E-state index contributed by atoms with van der Waals surface area (Å²) >= 11 is 4.12. The molecular weight excluding hydrogens is 164 g/mol. The lowest BCUT2D eigenvalue weighted by atomic mass is 10.2. The second kappa shape index (κ2) is 5.33. The maximum absolute atomic E-state index is 8.58. The van der Waals surface area contributed by atoms with Gasteiger partial charge in [0.2, 0.25) is 0 Å². The topological polar surface area (TPSA) is 20.2 Å². The second-order valence-electron chi connectivity index (χ2n) is 2.43. The van der Waals surface area contributed by atoms with Crippen LogP contribution in [0, 0.1) is 0 Å². The lowest BCUT2D eigenvalue weighted by Crippen LogP contribution is -2.13. The number of rotatable bonds is 3. The van der Waals surface area contributed by atoms with E-state index in [1.807, 2.05) is 0 Å². The Kier molecular flexibility index (Phi) is 4.66. The molecule has 60 valence electrons. The number of aliphatic hydroxyl groups is 1. The summed E-state index contributed by atoms with van der Waals surface area (Å²) in [7, 11) is 0. The van der Waals surface area contributed by atoms with Crippen LogP contribution in [0.15, 0.2) is 0 Å². The van der Waals surface area contributed by atoms with Crippen molar-refractivity contribution in [3.63, 3.8) is 0 Å². The van der Waals surface area contributed by atoms with Crippen molar-refractivity contribution in [3.8, 4) is 0 Å². The highest BCUT2D eigenvalue weighted by Gasteiger charge is 2.12. The zero-order valence-corrected chi connectivity index (χ0v) is 7.72. The van der Waals surface area contributed by atoms with Crippen LogP contribution in [0.5, 0.6) is 0 Å². The molecule has 1 nitrogen and oxygen atoms in total. The second-order valence-corrected chi connectivity index (χ2v) is 4.99. The molecule has 0 aromatic rings. The van der Waals surface area contributed by atoms with Crippen LogP contribution in [-0.4, -0.2) is 34.2 Å². The maximum Gasteiger partial charge on any atom is 0.0431 e. The summed E-state index contributed by atoms with van der Waals surface area (Å²) in [6.07, 6.45) is 2.19. The Morgan fingerprint density at radius 1 is 1.40 bits per heavy atom. The standard InChI is InChI=1S/C7H14OS2/c8-3-1-2-7-6-9-4-5-10-7/h7-8H,1-6H2. The molecular formula is C7H14OS2. The molecule has 10 heavy (non-hydrogen) atoms. The van der Waals surface area contributed by atoms with Gasteiger partial charge in [0.15, 0.2) is 0 Å². The Balaban J connectivity index is 2.02. The molecule has 1 unspecified atom stereocenters. The molecule has 1 heterocycles. The van der Waals surface area contributed by atoms with E-state index in [0.717, 1.165) is 11.7 Å². The van der Waals surface area contributed by atoms with Gasteiger partial charge in [0.05, 0.1) is 0 Å². The van der Waals surface area contributed by atoms with Crippen molar-refractivity contribution in [2.24, 2.45) is 0 Å². The molecule has 3 heteroatoms. The SMILES string of the molecule is OCCCC1CSCCS1. The summed E-state index contributed by atoms with van der Waals surface area (Å²) in [4.78, 5) is 0. The number of thioether (sulfide) groups is 2. The first-order valence-corrected chi connectivity index (χ1v) is 5.94. The molecule has 1 fully saturated rings. The molecule has 1 aliphatic heterocycles. The summed E-state index contributed by atoms with van der Waals surface area (Å²) < 4.78 is 0. The summed E-state index contributed by atoms with van der Waals surface area (Å²) in [6.45, 7) is 0.363. The molecule has 0 aromatic carbocycles. The van der Waals surface area contributed by atoms with E-state index in [1.54, 1.807) is 0 Å². The third-order valence-electron chi connectivity index (χ3n) is 1.57. The average Bonchev–Trinajstić information content (AvgIpc) is 2.03. The van der Waals surface area contributed by atoms with E-state index in [4.69, 9.17) is 5.11 Å². The summed E-state index contributed by atoms with van der Waals surface area (Å²) in [5.41, 5.74) is 0. The number of hydrogen-bond acceptors (Lipinski definition) is 3. The molecule has 1 aliphatic rings. The Labute approximate surface area is 71.0 Å². The first-order valence-electron chi connectivity index (χ1n) is 3.73. The minimum Gasteiger partial charge on any atom is -0.396 e. The van der Waals surface area contributed by atoms with Gasteiger partial charge in [-0.1, -0.05) is 0 Å². The fraction of sp³-hybridized carbons (Fsp3) is 1.00. The van der Waals surface area contributed by atoms with E-state index in [9.17, 15) is 0 Å². The molecule has 0 amide bonds. The summed E-state index contributed by atoms with van der Waals surface area (Å²) in [5, 5.41) is 9.41. The van der Waals surface area contributed by atoms with Crippen LogP contribution in [0.3, 0.4) is 0 Å². The van der Waals surface area contributed by atoms with Crippen molar-refractivity contribution in [2.45, 2.75) is 18.1 Å². The van der Waals surface area contributed by atoms with E-state index in [1.165, 1.54) is 23.7 Å². The highest BCUT2D eigenvalue weighted by molar-refractivity contribution is 8.06. The zero-order valence-electron chi connectivity index (χ0n) is 6.08. The molecule has 1 saturated heterocycles. The normalized spacial score (nSPS) is 26.7. The van der Waals surface area contributed by atoms with Crippen LogP contribution in [0.1, 0.15) is 12.8 Å². The molecule has 0 radical (unpaired) electrons. The predicted molar refractivity (Wildman–Crippen MR) is 49.9 cm³/mol. The lowest BCUT2D eigenvalue weighted by molar-refractivity contribution is 0.285. The number of aliphatic hydroxyl groups excluding tert-OH is 1. The smallest absolute Gasteiger partial charge is 0.0431 e. The first-order chi connectivity index (χ1) is 4.93. The lowest BCUT2D eigenvalue weighted by Gasteiger charge is -2.19. The highest BCUT2D eigenvalue weighted by atomic mass is 32.2. The highest BCUT2D eigenvalue weighted by Crippen LogP contribution is 2.26. The van der Waals surface area contributed by atoms with Crippen molar-refractivity contribution in [2.75, 3.05) is 23.9 Å². The molecule has 0 saturated carbocycles. The van der Waals surface area contributed by atoms with Gasteiger partial charge in [0.1, 0.15) is 0 Å². The van der Waals surface area contributed by atoms with Crippen LogP contribution < -0.4 is 0 Å². The van der Waals surface area contributed by atoms with E-state index in [-0.39, 0.29) is 0 Å². The van der Waals surface area contributed by atoms with Gasteiger partial charge in [-0.2, -0.15) is 23.5 Å². The van der Waals surface area contributed by atoms with Crippen molar-refractivity contribution >= 4 is 23.5 Å². The third-order valence-corrected chi connectivity index (χ3v) is 4.48. The van der Waals surface area contributed by atoms with E-state index in [2.05, 4.69) is 23.5 Å². The Morgan fingerprint density at radius 2 is 2.30 bits per heavy atom. The van der Waals surface area contributed by atoms with Gasteiger partial charge in [-0.15, -0.1) is 0 Å². The van der Waals surface area contributed by atoms with Gasteiger partial charge in [-0.05, 0) is 12.8 Å². The van der Waals surface area contributed by atoms with E-state index < -0.39 is 0 Å². The third kappa shape index (κ3) is 3.17.